The Balaban J connectivity index is 2.19. The molecule has 3 N–H and O–H groups in total. The van der Waals surface area contributed by atoms with Crippen molar-refractivity contribution in [2.45, 2.75) is 38.0 Å². The molecule has 2 rings (SSSR count). The number of hydrogen-bond donors (Lipinski definition) is 2. The number of aryl methyl sites for hydroxylation is 1. The summed E-state index contributed by atoms with van der Waals surface area (Å²) in [6.45, 7) is 5.45. The van der Waals surface area contributed by atoms with Gasteiger partial charge in [0.15, 0.2) is 0 Å². The lowest BCUT2D eigenvalue weighted by Gasteiger charge is -2.30. The Morgan fingerprint density at radius 3 is 2.71 bits per heavy atom. The molecule has 1 fully saturated rings. The van der Waals surface area contributed by atoms with Crippen molar-refractivity contribution in [3.8, 4) is 0 Å². The Bertz CT molecular complexity index is 386. The summed E-state index contributed by atoms with van der Waals surface area (Å²) in [7, 11) is 1.90. The molecule has 1 saturated heterocycles. The average molecular weight is 238 g/mol. The van der Waals surface area contributed by atoms with Gasteiger partial charge in [0.1, 0.15) is 0 Å². The van der Waals surface area contributed by atoms with Crippen LogP contribution in [0.3, 0.4) is 0 Å². The predicted octanol–water partition coefficient (Wildman–Crippen LogP) is 0.265. The molecule has 0 bridgehead atoms. The van der Waals surface area contributed by atoms with Crippen LogP contribution in [0.5, 0.6) is 0 Å². The van der Waals surface area contributed by atoms with Gasteiger partial charge in [-0.1, -0.05) is 0 Å². The highest BCUT2D eigenvalue weighted by Gasteiger charge is 2.37. The number of nitrogens with zero attached hydrogens (tertiary/aromatic N) is 3. The number of hydrogen-bond acceptors (Lipinski definition) is 4. The van der Waals surface area contributed by atoms with Gasteiger partial charge in [-0.25, -0.2) is 0 Å². The quantitative estimate of drug-likeness (QED) is 0.793. The van der Waals surface area contributed by atoms with E-state index in [-0.39, 0.29) is 12.1 Å². The summed E-state index contributed by atoms with van der Waals surface area (Å²) < 4.78 is 1.79. The molecule has 1 aliphatic heterocycles. The third-order valence-electron chi connectivity index (χ3n) is 3.44. The van der Waals surface area contributed by atoms with Crippen molar-refractivity contribution in [2.24, 2.45) is 12.8 Å². The third kappa shape index (κ3) is 2.68. The number of rotatable bonds is 3. The standard InChI is InChI=1S/C12H22N4O/c1-9(13)11(10-6-14-15(3)7-10)16-5-4-12(2,17)8-16/h6-7,9,11,17H,4-5,8,13H2,1-3H3. The largest absolute Gasteiger partial charge is 0.389 e. The number of aromatic nitrogens is 2. The smallest absolute Gasteiger partial charge is 0.0758 e. The SMILES string of the molecule is CC(N)C(c1cnn(C)c1)N1CCC(C)(O)C1. The van der Waals surface area contributed by atoms with E-state index in [1.165, 1.54) is 0 Å². The van der Waals surface area contributed by atoms with Crippen molar-refractivity contribution in [3.63, 3.8) is 0 Å². The summed E-state index contributed by atoms with van der Waals surface area (Å²) in [4.78, 5) is 2.25. The first kappa shape index (κ1) is 12.5. The molecule has 5 nitrogen and oxygen atoms in total. The van der Waals surface area contributed by atoms with Gasteiger partial charge in [-0.15, -0.1) is 0 Å². The predicted molar refractivity (Wildman–Crippen MR) is 66.4 cm³/mol. The summed E-state index contributed by atoms with van der Waals surface area (Å²) in [5.74, 6) is 0. The van der Waals surface area contributed by atoms with Gasteiger partial charge in [0.05, 0.1) is 17.8 Å². The van der Waals surface area contributed by atoms with Gasteiger partial charge in [0, 0.05) is 37.9 Å². The van der Waals surface area contributed by atoms with E-state index in [4.69, 9.17) is 5.73 Å². The van der Waals surface area contributed by atoms with Crippen LogP contribution >= 0.6 is 0 Å². The van der Waals surface area contributed by atoms with E-state index >= 15 is 0 Å². The summed E-state index contributed by atoms with van der Waals surface area (Å²) >= 11 is 0. The second-order valence-electron chi connectivity index (χ2n) is 5.47. The molecule has 3 atom stereocenters. The molecule has 0 aromatic carbocycles. The molecule has 0 radical (unpaired) electrons. The highest BCUT2D eigenvalue weighted by Crippen LogP contribution is 2.31. The Morgan fingerprint density at radius 1 is 1.59 bits per heavy atom. The normalized spacial score (nSPS) is 29.5. The summed E-state index contributed by atoms with van der Waals surface area (Å²) in [6.07, 6.45) is 4.67. The van der Waals surface area contributed by atoms with Crippen LogP contribution < -0.4 is 5.73 Å². The highest BCUT2D eigenvalue weighted by molar-refractivity contribution is 5.14. The first-order chi connectivity index (χ1) is 7.89. The van der Waals surface area contributed by atoms with Gasteiger partial charge in [-0.2, -0.15) is 5.10 Å². The molecule has 2 heterocycles. The first-order valence-corrected chi connectivity index (χ1v) is 6.10. The summed E-state index contributed by atoms with van der Waals surface area (Å²) in [5, 5.41) is 14.2. The van der Waals surface area contributed by atoms with Crippen molar-refractivity contribution in [2.75, 3.05) is 13.1 Å². The molecule has 1 aromatic heterocycles. The van der Waals surface area contributed by atoms with Gasteiger partial charge in [-0.05, 0) is 20.3 Å². The molecular formula is C12H22N4O. The van der Waals surface area contributed by atoms with E-state index in [1.807, 2.05) is 33.3 Å². The lowest BCUT2D eigenvalue weighted by atomic mass is 10.0. The van der Waals surface area contributed by atoms with Crippen molar-refractivity contribution in [1.82, 2.24) is 14.7 Å². The highest BCUT2D eigenvalue weighted by atomic mass is 16.3. The van der Waals surface area contributed by atoms with Crippen LogP contribution in [-0.2, 0) is 7.05 Å². The van der Waals surface area contributed by atoms with Crippen LogP contribution in [0.15, 0.2) is 12.4 Å². The Morgan fingerprint density at radius 2 is 2.29 bits per heavy atom. The van der Waals surface area contributed by atoms with Gasteiger partial charge >= 0.3 is 0 Å². The molecule has 1 aliphatic rings. The van der Waals surface area contributed by atoms with E-state index in [2.05, 4.69) is 10.00 Å². The minimum absolute atomic E-state index is 0.0214. The molecular weight excluding hydrogens is 216 g/mol. The second-order valence-corrected chi connectivity index (χ2v) is 5.47. The minimum atomic E-state index is -0.588. The summed E-state index contributed by atoms with van der Waals surface area (Å²) in [6, 6.07) is 0.158. The molecule has 0 amide bonds. The van der Waals surface area contributed by atoms with E-state index in [0.717, 1.165) is 18.5 Å². The van der Waals surface area contributed by atoms with Gasteiger partial charge < -0.3 is 10.8 Å². The molecule has 17 heavy (non-hydrogen) atoms. The van der Waals surface area contributed by atoms with Crippen LogP contribution in [0.25, 0.3) is 0 Å². The van der Waals surface area contributed by atoms with Crippen molar-refractivity contribution < 1.29 is 5.11 Å². The maximum Gasteiger partial charge on any atom is 0.0758 e. The molecule has 5 heteroatoms. The van der Waals surface area contributed by atoms with Crippen LogP contribution in [0, 0.1) is 0 Å². The lowest BCUT2D eigenvalue weighted by Crippen LogP contribution is -2.40. The molecule has 96 valence electrons. The first-order valence-electron chi connectivity index (χ1n) is 6.10. The number of β-amino-alcohol motifs (C(OH)–C–C–N with tert-alkyl or cyclic N) is 1. The topological polar surface area (TPSA) is 67.3 Å². The fourth-order valence-corrected chi connectivity index (χ4v) is 2.66. The fourth-order valence-electron chi connectivity index (χ4n) is 2.66. The maximum absolute atomic E-state index is 10.0. The lowest BCUT2D eigenvalue weighted by molar-refractivity contribution is 0.0601. The Hall–Kier alpha value is -0.910. The van der Waals surface area contributed by atoms with E-state index < -0.39 is 5.60 Å². The minimum Gasteiger partial charge on any atom is -0.389 e. The van der Waals surface area contributed by atoms with Crippen molar-refractivity contribution in [3.05, 3.63) is 18.0 Å². The van der Waals surface area contributed by atoms with Gasteiger partial charge in [0.2, 0.25) is 0 Å². The number of nitrogens with two attached hydrogens (primary N) is 1. The molecule has 3 unspecified atom stereocenters. The zero-order chi connectivity index (χ0) is 12.6. The van der Waals surface area contributed by atoms with Crippen LogP contribution in [-0.4, -0.2) is 44.5 Å². The fraction of sp³-hybridized carbons (Fsp3) is 0.750. The second kappa shape index (κ2) is 4.40. The van der Waals surface area contributed by atoms with Crippen molar-refractivity contribution >= 4 is 0 Å². The monoisotopic (exact) mass is 238 g/mol. The molecule has 1 aromatic rings. The summed E-state index contributed by atoms with van der Waals surface area (Å²) in [5.41, 5.74) is 6.62. The Kier molecular flexibility index (Phi) is 3.25. The van der Waals surface area contributed by atoms with E-state index in [9.17, 15) is 5.11 Å². The average Bonchev–Trinajstić information content (AvgIpc) is 2.73. The Labute approximate surface area is 102 Å². The number of likely N-dealkylation sites (tertiary alicyclic amines) is 1. The third-order valence-corrected chi connectivity index (χ3v) is 3.44. The van der Waals surface area contributed by atoms with Crippen LogP contribution in [0.4, 0.5) is 0 Å². The van der Waals surface area contributed by atoms with Crippen molar-refractivity contribution in [1.29, 1.82) is 0 Å². The zero-order valence-electron chi connectivity index (χ0n) is 10.8. The molecule has 0 aliphatic carbocycles. The van der Waals surface area contributed by atoms with Crippen LogP contribution in [0.1, 0.15) is 31.9 Å². The van der Waals surface area contributed by atoms with Gasteiger partial charge in [0.25, 0.3) is 0 Å². The molecule has 0 saturated carbocycles. The maximum atomic E-state index is 10.0. The van der Waals surface area contributed by atoms with E-state index in [0.29, 0.717) is 6.54 Å². The zero-order valence-corrected chi connectivity index (χ0v) is 10.8. The number of aliphatic hydroxyl groups is 1. The van der Waals surface area contributed by atoms with E-state index in [1.54, 1.807) is 4.68 Å². The van der Waals surface area contributed by atoms with Gasteiger partial charge in [-0.3, -0.25) is 9.58 Å². The molecule has 0 spiro atoms. The van der Waals surface area contributed by atoms with Crippen LogP contribution in [0.2, 0.25) is 0 Å².